The first kappa shape index (κ1) is 18.8. The lowest BCUT2D eigenvalue weighted by molar-refractivity contribution is 0.0965. The van der Waals surface area contributed by atoms with Crippen LogP contribution < -0.4 is 22.1 Å². The van der Waals surface area contributed by atoms with E-state index in [1.54, 1.807) is 12.1 Å². The molecule has 0 saturated heterocycles. The van der Waals surface area contributed by atoms with Crippen LogP contribution in [0.5, 0.6) is 0 Å². The number of nitrogen functional groups attached to an aromatic ring is 2. The van der Waals surface area contributed by atoms with Gasteiger partial charge >= 0.3 is 0 Å². The lowest BCUT2D eigenvalue weighted by atomic mass is 10.1. The zero-order chi connectivity index (χ0) is 19.9. The number of hydrogen-bond acceptors (Lipinski definition) is 6. The molecule has 9 heteroatoms. The van der Waals surface area contributed by atoms with Crippen LogP contribution in [0.25, 0.3) is 22.3 Å². The van der Waals surface area contributed by atoms with Gasteiger partial charge in [0.05, 0.1) is 28.7 Å². The SMILES string of the molecule is CNC(=O)c1c(N)ccc2ncc(-c3cc(F)cc(P(C)(C)=O)c3N)nc12. The van der Waals surface area contributed by atoms with E-state index in [2.05, 4.69) is 15.3 Å². The van der Waals surface area contributed by atoms with Crippen molar-refractivity contribution in [1.29, 1.82) is 0 Å². The van der Waals surface area contributed by atoms with Crippen LogP contribution in [0.1, 0.15) is 10.4 Å². The molecule has 5 N–H and O–H groups in total. The molecular weight excluding hydrogens is 368 g/mol. The van der Waals surface area contributed by atoms with Gasteiger partial charge < -0.3 is 21.3 Å². The lowest BCUT2D eigenvalue weighted by Gasteiger charge is -2.15. The Morgan fingerprint density at radius 2 is 1.93 bits per heavy atom. The predicted octanol–water partition coefficient (Wildman–Crippen LogP) is 2.21. The van der Waals surface area contributed by atoms with Crippen LogP contribution in [0.2, 0.25) is 0 Å². The molecule has 140 valence electrons. The zero-order valence-electron chi connectivity index (χ0n) is 15.1. The molecule has 0 spiro atoms. The van der Waals surface area contributed by atoms with Crippen molar-refractivity contribution < 1.29 is 13.8 Å². The average molecular weight is 387 g/mol. The Kier molecular flexibility index (Phi) is 4.61. The Morgan fingerprint density at radius 3 is 2.56 bits per heavy atom. The highest BCUT2D eigenvalue weighted by atomic mass is 31.2. The van der Waals surface area contributed by atoms with Crippen molar-refractivity contribution in [2.24, 2.45) is 0 Å². The van der Waals surface area contributed by atoms with Gasteiger partial charge in [-0.15, -0.1) is 0 Å². The summed E-state index contributed by atoms with van der Waals surface area (Å²) in [7, 11) is -1.33. The quantitative estimate of drug-likeness (QED) is 0.468. The van der Waals surface area contributed by atoms with Gasteiger partial charge in [-0.3, -0.25) is 9.78 Å². The van der Waals surface area contributed by atoms with E-state index in [0.29, 0.717) is 5.52 Å². The maximum atomic E-state index is 14.2. The molecule has 0 fully saturated rings. The van der Waals surface area contributed by atoms with E-state index in [1.807, 2.05) is 0 Å². The molecule has 0 bridgehead atoms. The van der Waals surface area contributed by atoms with Gasteiger partial charge in [-0.05, 0) is 37.6 Å². The summed E-state index contributed by atoms with van der Waals surface area (Å²) >= 11 is 0. The second-order valence-electron chi connectivity index (χ2n) is 6.47. The molecule has 7 nitrogen and oxygen atoms in total. The number of hydrogen-bond donors (Lipinski definition) is 3. The third-order valence-electron chi connectivity index (χ3n) is 4.18. The molecule has 0 radical (unpaired) electrons. The van der Waals surface area contributed by atoms with Gasteiger partial charge in [0.25, 0.3) is 5.91 Å². The molecule has 1 heterocycles. The number of benzene rings is 2. The van der Waals surface area contributed by atoms with Crippen LogP contribution in [-0.4, -0.2) is 36.3 Å². The average Bonchev–Trinajstić information content (AvgIpc) is 2.61. The second-order valence-corrected chi connectivity index (χ2v) is 9.65. The predicted molar refractivity (Wildman–Crippen MR) is 106 cm³/mol. The highest BCUT2D eigenvalue weighted by molar-refractivity contribution is 7.70. The van der Waals surface area contributed by atoms with Crippen molar-refractivity contribution in [3.8, 4) is 11.3 Å². The van der Waals surface area contributed by atoms with Gasteiger partial charge in [-0.25, -0.2) is 9.37 Å². The summed E-state index contributed by atoms with van der Waals surface area (Å²) in [5.41, 5.74) is 13.9. The van der Waals surface area contributed by atoms with Crippen LogP contribution in [0.3, 0.4) is 0 Å². The Hall–Kier alpha value is -2.99. The molecule has 3 rings (SSSR count). The number of carbonyl (C=O) groups is 1. The molecular formula is C18H19FN5O2P. The normalized spacial score (nSPS) is 11.6. The Morgan fingerprint density at radius 1 is 1.22 bits per heavy atom. The van der Waals surface area contributed by atoms with Gasteiger partial charge in [0.1, 0.15) is 18.5 Å². The number of fused-ring (bicyclic) bond motifs is 1. The molecule has 0 saturated carbocycles. The van der Waals surface area contributed by atoms with Crippen molar-refractivity contribution in [3.63, 3.8) is 0 Å². The first-order valence-corrected chi connectivity index (χ1v) is 10.7. The number of rotatable bonds is 3. The van der Waals surface area contributed by atoms with Crippen molar-refractivity contribution in [2.45, 2.75) is 0 Å². The molecule has 0 aliphatic carbocycles. The fourth-order valence-electron chi connectivity index (χ4n) is 2.85. The van der Waals surface area contributed by atoms with Crippen LogP contribution >= 0.6 is 7.14 Å². The third-order valence-corrected chi connectivity index (χ3v) is 5.71. The summed E-state index contributed by atoms with van der Waals surface area (Å²) in [6.07, 6.45) is 1.43. The minimum absolute atomic E-state index is 0.170. The maximum absolute atomic E-state index is 14.2. The van der Waals surface area contributed by atoms with Gasteiger partial charge in [0.2, 0.25) is 0 Å². The molecule has 2 aromatic carbocycles. The number of nitrogens with one attached hydrogen (secondary N) is 1. The highest BCUT2D eigenvalue weighted by Gasteiger charge is 2.21. The monoisotopic (exact) mass is 387 g/mol. The second kappa shape index (κ2) is 6.63. The summed E-state index contributed by atoms with van der Waals surface area (Å²) in [6.45, 7) is 3.02. The first-order valence-electron chi connectivity index (χ1n) is 8.05. The third kappa shape index (κ3) is 3.36. The molecule has 3 aromatic rings. The number of anilines is 2. The van der Waals surface area contributed by atoms with Crippen molar-refractivity contribution in [1.82, 2.24) is 15.3 Å². The molecule has 0 aliphatic heterocycles. The Bertz CT molecular complexity index is 1130. The molecule has 27 heavy (non-hydrogen) atoms. The summed E-state index contributed by atoms with van der Waals surface area (Å²) < 4.78 is 26.6. The summed E-state index contributed by atoms with van der Waals surface area (Å²) in [6, 6.07) is 5.58. The minimum Gasteiger partial charge on any atom is -0.398 e. The fraction of sp³-hybridized carbons (Fsp3) is 0.167. The Balaban J connectivity index is 2.32. The minimum atomic E-state index is -2.81. The van der Waals surface area contributed by atoms with Crippen molar-refractivity contribution >= 4 is 40.8 Å². The molecule has 1 aromatic heterocycles. The van der Waals surface area contributed by atoms with Gasteiger partial charge in [-0.1, -0.05) is 0 Å². The van der Waals surface area contributed by atoms with E-state index in [1.165, 1.54) is 38.7 Å². The smallest absolute Gasteiger partial charge is 0.255 e. The van der Waals surface area contributed by atoms with Gasteiger partial charge in [0.15, 0.2) is 0 Å². The molecule has 0 unspecified atom stereocenters. The number of amides is 1. The van der Waals surface area contributed by atoms with E-state index >= 15 is 0 Å². The van der Waals surface area contributed by atoms with Gasteiger partial charge in [-0.2, -0.15) is 0 Å². The summed E-state index contributed by atoms with van der Waals surface area (Å²) in [5.74, 6) is -0.997. The van der Waals surface area contributed by atoms with E-state index in [-0.39, 0.29) is 39.0 Å². The topological polar surface area (TPSA) is 124 Å². The van der Waals surface area contributed by atoms with Gasteiger partial charge in [0, 0.05) is 23.6 Å². The number of halogens is 1. The number of nitrogens with zero attached hydrogens (tertiary/aromatic N) is 2. The summed E-state index contributed by atoms with van der Waals surface area (Å²) in [4.78, 5) is 21.0. The fourth-order valence-corrected chi connectivity index (χ4v) is 3.98. The van der Waals surface area contributed by atoms with Crippen LogP contribution in [0.4, 0.5) is 15.8 Å². The maximum Gasteiger partial charge on any atom is 0.255 e. The van der Waals surface area contributed by atoms with E-state index in [9.17, 15) is 13.8 Å². The summed E-state index contributed by atoms with van der Waals surface area (Å²) in [5, 5.41) is 2.75. The van der Waals surface area contributed by atoms with E-state index in [4.69, 9.17) is 11.5 Å². The standard InChI is InChI=1S/C18H19FN5O2P/c1-22-18(25)15-11(20)4-5-12-17(15)24-13(8-23-12)10-6-9(19)7-14(16(10)21)27(2,3)26/h4-8H,20-21H2,1-3H3,(H,22,25). The van der Waals surface area contributed by atoms with E-state index in [0.717, 1.165) is 0 Å². The number of nitrogens with two attached hydrogens (primary N) is 2. The van der Waals surface area contributed by atoms with Crippen molar-refractivity contribution in [2.75, 3.05) is 31.8 Å². The first-order chi connectivity index (χ1) is 12.6. The molecule has 1 amide bonds. The van der Waals surface area contributed by atoms with Crippen LogP contribution in [-0.2, 0) is 4.57 Å². The largest absolute Gasteiger partial charge is 0.398 e. The van der Waals surface area contributed by atoms with Crippen molar-refractivity contribution in [3.05, 3.63) is 41.8 Å². The van der Waals surface area contributed by atoms with Crippen LogP contribution in [0, 0.1) is 5.82 Å². The number of carbonyl (C=O) groups excluding carboxylic acids is 1. The van der Waals surface area contributed by atoms with Crippen LogP contribution in [0.15, 0.2) is 30.5 Å². The number of aromatic nitrogens is 2. The lowest BCUT2D eigenvalue weighted by Crippen LogP contribution is -2.20. The van der Waals surface area contributed by atoms with E-state index < -0.39 is 18.9 Å². The highest BCUT2D eigenvalue weighted by Crippen LogP contribution is 2.40. The molecule has 0 atom stereocenters. The zero-order valence-corrected chi connectivity index (χ0v) is 16.0. The molecule has 0 aliphatic rings. The Labute approximate surface area is 155 Å².